The number of aliphatic imine (C=N–C) groups is 1. The highest BCUT2D eigenvalue weighted by atomic mass is 16.5. The first kappa shape index (κ1) is 17.2. The number of ether oxygens (including phenoxy) is 1. The third-order valence-corrected chi connectivity index (χ3v) is 2.59. The number of nitrogens with zero attached hydrogens (tertiary/aromatic N) is 2. The summed E-state index contributed by atoms with van der Waals surface area (Å²) < 4.78 is 5.35. The van der Waals surface area contributed by atoms with Gasteiger partial charge in [0.05, 0.1) is 12.1 Å². The lowest BCUT2D eigenvalue weighted by Crippen LogP contribution is -2.40. The quantitative estimate of drug-likeness (QED) is 0.386. The summed E-state index contributed by atoms with van der Waals surface area (Å²) in [5.41, 5.74) is -0.216. The van der Waals surface area contributed by atoms with Crippen molar-refractivity contribution < 1.29 is 4.74 Å². The second-order valence-corrected chi connectivity index (χ2v) is 5.24. The Kier molecular flexibility index (Phi) is 8.75. The maximum atomic E-state index is 5.35. The van der Waals surface area contributed by atoms with Crippen LogP contribution in [0.3, 0.4) is 0 Å². The van der Waals surface area contributed by atoms with Crippen LogP contribution in [-0.2, 0) is 4.74 Å². The van der Waals surface area contributed by atoms with Crippen molar-refractivity contribution in [1.82, 2.24) is 15.5 Å². The Morgan fingerprint density at radius 2 is 1.94 bits per heavy atom. The molecule has 18 heavy (non-hydrogen) atoms. The molecule has 0 amide bonds. The van der Waals surface area contributed by atoms with Gasteiger partial charge in [0, 0.05) is 20.2 Å². The van der Waals surface area contributed by atoms with E-state index in [4.69, 9.17) is 4.74 Å². The molecule has 0 fully saturated rings. The molecule has 0 rings (SSSR count). The fraction of sp³-hybridized carbons (Fsp3) is 0.923. The van der Waals surface area contributed by atoms with E-state index in [0.29, 0.717) is 6.54 Å². The molecular weight excluding hydrogens is 228 g/mol. The Balaban J connectivity index is 4.08. The van der Waals surface area contributed by atoms with Crippen LogP contribution in [-0.4, -0.2) is 63.8 Å². The van der Waals surface area contributed by atoms with Crippen molar-refractivity contribution in [3.8, 4) is 0 Å². The van der Waals surface area contributed by atoms with Gasteiger partial charge < -0.3 is 20.3 Å². The molecule has 5 heteroatoms. The second kappa shape index (κ2) is 9.16. The van der Waals surface area contributed by atoms with Gasteiger partial charge in [-0.1, -0.05) is 0 Å². The molecule has 0 aromatic heterocycles. The van der Waals surface area contributed by atoms with E-state index in [-0.39, 0.29) is 5.60 Å². The van der Waals surface area contributed by atoms with Gasteiger partial charge >= 0.3 is 0 Å². The van der Waals surface area contributed by atoms with Crippen LogP contribution < -0.4 is 10.6 Å². The number of methoxy groups -OCH3 is 1. The monoisotopic (exact) mass is 258 g/mol. The standard InChI is InChI=1S/C13H30N4O/c1-7-14-12(15-9-8-10-17(4)5)16-11-13(2,3)18-6/h7-11H2,1-6H3,(H2,14,15,16). The smallest absolute Gasteiger partial charge is 0.191 e. The molecule has 0 aliphatic rings. The largest absolute Gasteiger partial charge is 0.377 e. The first-order valence-electron chi connectivity index (χ1n) is 6.63. The van der Waals surface area contributed by atoms with Gasteiger partial charge in [-0.2, -0.15) is 0 Å². The lowest BCUT2D eigenvalue weighted by atomic mass is 10.1. The lowest BCUT2D eigenvalue weighted by Gasteiger charge is -2.21. The van der Waals surface area contributed by atoms with Crippen LogP contribution in [0.5, 0.6) is 0 Å². The topological polar surface area (TPSA) is 48.9 Å². The Morgan fingerprint density at radius 3 is 2.44 bits per heavy atom. The van der Waals surface area contributed by atoms with Gasteiger partial charge in [-0.3, -0.25) is 4.99 Å². The van der Waals surface area contributed by atoms with E-state index in [1.54, 1.807) is 7.11 Å². The summed E-state index contributed by atoms with van der Waals surface area (Å²) in [6, 6.07) is 0. The normalized spacial score (nSPS) is 12.9. The van der Waals surface area contributed by atoms with Crippen LogP contribution in [0.15, 0.2) is 4.99 Å². The van der Waals surface area contributed by atoms with Crippen molar-refractivity contribution in [2.24, 2.45) is 4.99 Å². The average Bonchev–Trinajstić information content (AvgIpc) is 2.31. The van der Waals surface area contributed by atoms with Crippen molar-refractivity contribution in [2.45, 2.75) is 32.8 Å². The molecule has 0 saturated carbocycles. The molecule has 0 spiro atoms. The van der Waals surface area contributed by atoms with Crippen molar-refractivity contribution >= 4 is 5.96 Å². The van der Waals surface area contributed by atoms with E-state index in [9.17, 15) is 0 Å². The van der Waals surface area contributed by atoms with E-state index in [1.807, 2.05) is 13.8 Å². The third-order valence-electron chi connectivity index (χ3n) is 2.59. The average molecular weight is 258 g/mol. The molecular formula is C13H30N4O. The zero-order valence-electron chi connectivity index (χ0n) is 12.8. The predicted octanol–water partition coefficient (Wildman–Crippen LogP) is 0.918. The van der Waals surface area contributed by atoms with Crippen molar-refractivity contribution in [3.05, 3.63) is 0 Å². The zero-order chi connectivity index (χ0) is 14.0. The molecule has 0 aliphatic heterocycles. The number of guanidine groups is 1. The first-order chi connectivity index (χ1) is 8.41. The molecule has 108 valence electrons. The molecule has 5 nitrogen and oxygen atoms in total. The maximum Gasteiger partial charge on any atom is 0.191 e. The van der Waals surface area contributed by atoms with E-state index in [1.165, 1.54) is 0 Å². The summed E-state index contributed by atoms with van der Waals surface area (Å²) in [4.78, 5) is 6.71. The minimum absolute atomic E-state index is 0.216. The number of hydrogen-bond donors (Lipinski definition) is 2. The van der Waals surface area contributed by atoms with E-state index >= 15 is 0 Å². The van der Waals surface area contributed by atoms with Crippen molar-refractivity contribution in [1.29, 1.82) is 0 Å². The SMILES string of the molecule is CCNC(=NCC(C)(C)OC)NCCCN(C)C. The van der Waals surface area contributed by atoms with Gasteiger partial charge in [0.1, 0.15) is 0 Å². The summed E-state index contributed by atoms with van der Waals surface area (Å²) in [7, 11) is 5.88. The van der Waals surface area contributed by atoms with E-state index in [2.05, 4.69) is 41.5 Å². The number of rotatable bonds is 8. The summed E-state index contributed by atoms with van der Waals surface area (Å²) in [6.45, 7) is 9.66. The van der Waals surface area contributed by atoms with Crippen LogP contribution in [0.2, 0.25) is 0 Å². The molecule has 0 bridgehead atoms. The van der Waals surface area contributed by atoms with Gasteiger partial charge in [0.15, 0.2) is 5.96 Å². The predicted molar refractivity (Wildman–Crippen MR) is 78.2 cm³/mol. The highest BCUT2D eigenvalue weighted by Crippen LogP contribution is 2.06. The number of hydrogen-bond acceptors (Lipinski definition) is 3. The lowest BCUT2D eigenvalue weighted by molar-refractivity contribution is 0.0310. The summed E-state index contributed by atoms with van der Waals surface area (Å²) >= 11 is 0. The summed E-state index contributed by atoms with van der Waals surface area (Å²) in [5, 5.41) is 6.57. The van der Waals surface area contributed by atoms with Crippen LogP contribution in [0.25, 0.3) is 0 Å². The summed E-state index contributed by atoms with van der Waals surface area (Å²) in [5.74, 6) is 0.862. The van der Waals surface area contributed by atoms with Crippen LogP contribution in [0.4, 0.5) is 0 Å². The highest BCUT2D eigenvalue weighted by molar-refractivity contribution is 5.79. The van der Waals surface area contributed by atoms with Crippen molar-refractivity contribution in [3.63, 3.8) is 0 Å². The van der Waals surface area contributed by atoms with Gasteiger partial charge in [0.2, 0.25) is 0 Å². The Bertz CT molecular complexity index is 239. The molecule has 0 aromatic rings. The van der Waals surface area contributed by atoms with E-state index < -0.39 is 0 Å². The minimum Gasteiger partial charge on any atom is -0.377 e. The molecule has 0 heterocycles. The van der Waals surface area contributed by atoms with Crippen LogP contribution >= 0.6 is 0 Å². The third kappa shape index (κ3) is 9.24. The Hall–Kier alpha value is -0.810. The Morgan fingerprint density at radius 1 is 1.28 bits per heavy atom. The minimum atomic E-state index is -0.216. The van der Waals surface area contributed by atoms with Gasteiger partial charge in [-0.25, -0.2) is 0 Å². The maximum absolute atomic E-state index is 5.35. The molecule has 0 unspecified atom stereocenters. The van der Waals surface area contributed by atoms with Gasteiger partial charge in [-0.15, -0.1) is 0 Å². The fourth-order valence-electron chi connectivity index (χ4n) is 1.28. The molecule has 2 N–H and O–H groups in total. The van der Waals surface area contributed by atoms with Gasteiger partial charge in [0.25, 0.3) is 0 Å². The molecule has 0 aliphatic carbocycles. The molecule has 0 radical (unpaired) electrons. The second-order valence-electron chi connectivity index (χ2n) is 5.24. The van der Waals surface area contributed by atoms with Crippen LogP contribution in [0.1, 0.15) is 27.2 Å². The molecule has 0 aromatic carbocycles. The molecule has 0 atom stereocenters. The zero-order valence-corrected chi connectivity index (χ0v) is 12.8. The first-order valence-corrected chi connectivity index (χ1v) is 6.63. The summed E-state index contributed by atoms with van der Waals surface area (Å²) in [6.07, 6.45) is 1.10. The van der Waals surface area contributed by atoms with Crippen LogP contribution in [0, 0.1) is 0 Å². The number of nitrogens with one attached hydrogen (secondary N) is 2. The van der Waals surface area contributed by atoms with Crippen molar-refractivity contribution in [2.75, 3.05) is 47.4 Å². The fourth-order valence-corrected chi connectivity index (χ4v) is 1.28. The Labute approximate surface area is 112 Å². The molecule has 0 saturated heterocycles. The van der Waals surface area contributed by atoms with Gasteiger partial charge in [-0.05, 0) is 47.8 Å². The van der Waals surface area contributed by atoms with E-state index in [0.717, 1.165) is 32.0 Å². The highest BCUT2D eigenvalue weighted by Gasteiger charge is 2.15.